The number of likely N-dealkylation sites (N-methyl/N-ethyl adjacent to an activating group) is 1. The van der Waals surface area contributed by atoms with Crippen molar-refractivity contribution in [1.29, 1.82) is 0 Å². The van der Waals surface area contributed by atoms with E-state index in [2.05, 4.69) is 43.5 Å². The molecule has 0 heterocycles. The van der Waals surface area contributed by atoms with Crippen molar-refractivity contribution in [3.63, 3.8) is 0 Å². The number of carbonyl (C=O) groups excluding carboxylic acids is 1. The van der Waals surface area contributed by atoms with Crippen LogP contribution in [0.2, 0.25) is 0 Å². The molecular weight excluding hydrogens is 960 g/mol. The first-order valence-corrected chi connectivity index (χ1v) is 34.9. The fourth-order valence-electron chi connectivity index (χ4n) is 10.1. The molecule has 3 unspecified atom stereocenters. The number of aliphatic hydroxyl groups is 1. The largest absolute Gasteiger partial charge is 0.472 e. The maximum Gasteiger partial charge on any atom is 0.472 e. The van der Waals surface area contributed by atoms with E-state index in [4.69, 9.17) is 9.05 Å². The van der Waals surface area contributed by atoms with Crippen LogP contribution in [0.5, 0.6) is 0 Å². The lowest BCUT2D eigenvalue weighted by molar-refractivity contribution is -0.870. The highest BCUT2D eigenvalue weighted by atomic mass is 31.2. The number of phosphoric ester groups is 1. The van der Waals surface area contributed by atoms with Crippen molar-refractivity contribution in [2.75, 3.05) is 40.9 Å². The van der Waals surface area contributed by atoms with Gasteiger partial charge in [0.25, 0.3) is 0 Å². The highest BCUT2D eigenvalue weighted by Crippen LogP contribution is 2.43. The van der Waals surface area contributed by atoms with Gasteiger partial charge in [-0.05, 0) is 51.4 Å². The molecule has 0 aromatic rings. The minimum atomic E-state index is -4.35. The zero-order chi connectivity index (χ0) is 55.6. The van der Waals surface area contributed by atoms with E-state index in [0.717, 1.165) is 38.5 Å². The zero-order valence-electron chi connectivity index (χ0n) is 51.5. The van der Waals surface area contributed by atoms with Crippen molar-refractivity contribution < 1.29 is 32.9 Å². The third-order valence-corrected chi connectivity index (χ3v) is 16.3. The van der Waals surface area contributed by atoms with Gasteiger partial charge in [0.2, 0.25) is 5.91 Å². The number of carbonyl (C=O) groups is 1. The predicted molar refractivity (Wildman–Crippen MR) is 332 cm³/mol. The average molecular weight is 1090 g/mol. The summed E-state index contributed by atoms with van der Waals surface area (Å²) in [6, 6.07) is -0.847. The number of rotatable bonds is 62. The Morgan fingerprint density at radius 3 is 1.08 bits per heavy atom. The predicted octanol–water partition coefficient (Wildman–Crippen LogP) is 20.9. The Morgan fingerprint density at radius 2 is 0.750 bits per heavy atom. The Hall–Kier alpha value is -1.28. The van der Waals surface area contributed by atoms with Crippen molar-refractivity contribution in [1.82, 2.24) is 5.32 Å². The lowest BCUT2D eigenvalue weighted by Gasteiger charge is -2.25. The van der Waals surface area contributed by atoms with Crippen LogP contribution in [0.25, 0.3) is 0 Å². The molecule has 0 saturated carbocycles. The summed E-state index contributed by atoms with van der Waals surface area (Å²) < 4.78 is 23.8. The number of phosphoric acid groups is 1. The van der Waals surface area contributed by atoms with E-state index in [9.17, 15) is 19.4 Å². The second-order valence-corrected chi connectivity index (χ2v) is 25.7. The summed E-state index contributed by atoms with van der Waals surface area (Å²) in [4.78, 5) is 23.4. The summed E-state index contributed by atoms with van der Waals surface area (Å²) in [5.74, 6) is -0.171. The topological polar surface area (TPSA) is 105 Å². The van der Waals surface area contributed by atoms with Crippen molar-refractivity contribution in [2.24, 2.45) is 0 Å². The highest BCUT2D eigenvalue weighted by molar-refractivity contribution is 7.47. The van der Waals surface area contributed by atoms with Gasteiger partial charge < -0.3 is 19.8 Å². The molecule has 450 valence electrons. The van der Waals surface area contributed by atoms with Crippen LogP contribution in [-0.2, 0) is 18.4 Å². The first kappa shape index (κ1) is 74.7. The molecule has 0 aromatic heterocycles. The number of nitrogens with one attached hydrogen (secondary N) is 1. The molecule has 0 aliphatic carbocycles. The Labute approximate surface area is 474 Å². The van der Waals surface area contributed by atoms with Gasteiger partial charge in [-0.1, -0.05) is 314 Å². The van der Waals surface area contributed by atoms with E-state index < -0.39 is 20.0 Å². The Morgan fingerprint density at radius 1 is 0.447 bits per heavy atom. The zero-order valence-corrected chi connectivity index (χ0v) is 52.4. The van der Waals surface area contributed by atoms with E-state index in [0.29, 0.717) is 17.4 Å². The summed E-state index contributed by atoms with van der Waals surface area (Å²) in [6.45, 7) is 4.86. The van der Waals surface area contributed by atoms with Crippen LogP contribution in [0.3, 0.4) is 0 Å². The molecule has 1 amide bonds. The first-order chi connectivity index (χ1) is 37.0. The van der Waals surface area contributed by atoms with Crippen LogP contribution in [0.15, 0.2) is 36.5 Å². The molecule has 0 radical (unpaired) electrons. The molecule has 9 heteroatoms. The molecule has 8 nitrogen and oxygen atoms in total. The lowest BCUT2D eigenvalue weighted by atomic mass is 10.0. The Bertz CT molecular complexity index is 1330. The van der Waals surface area contributed by atoms with Gasteiger partial charge in [-0.25, -0.2) is 4.57 Å². The number of aliphatic hydroxyl groups excluding tert-OH is 1. The van der Waals surface area contributed by atoms with Crippen molar-refractivity contribution in [2.45, 2.75) is 347 Å². The van der Waals surface area contributed by atoms with E-state index in [1.54, 1.807) is 6.08 Å². The summed E-state index contributed by atoms with van der Waals surface area (Å²) >= 11 is 0. The van der Waals surface area contributed by atoms with Gasteiger partial charge in [0.15, 0.2) is 0 Å². The van der Waals surface area contributed by atoms with Gasteiger partial charge in [-0.2, -0.15) is 0 Å². The SMILES string of the molecule is CCCCCCC/C=C\C/C=C\CCCCCCCCCCCCCCCCCCCC(=O)NC(COP(=O)(O)OCC[N+](C)(C)C)C(O)/C=C/CCCCCCCCCCCCCCCCCCCCCCCCC. The third kappa shape index (κ3) is 60.4. The molecule has 0 bridgehead atoms. The van der Waals surface area contributed by atoms with Gasteiger partial charge in [0, 0.05) is 6.42 Å². The average Bonchev–Trinajstić information content (AvgIpc) is 3.38. The fraction of sp³-hybridized carbons (Fsp3) is 0.896. The lowest BCUT2D eigenvalue weighted by Crippen LogP contribution is -2.45. The minimum Gasteiger partial charge on any atom is -0.387 e. The molecule has 0 rings (SSSR count). The molecule has 0 aliphatic rings. The van der Waals surface area contributed by atoms with Crippen LogP contribution in [0.1, 0.15) is 335 Å². The smallest absolute Gasteiger partial charge is 0.387 e. The quantitative estimate of drug-likeness (QED) is 0.0243. The van der Waals surface area contributed by atoms with E-state index in [1.807, 2.05) is 27.2 Å². The van der Waals surface area contributed by atoms with Crippen molar-refractivity contribution >= 4 is 13.7 Å². The molecule has 0 spiro atoms. The summed E-state index contributed by atoms with van der Waals surface area (Å²) in [7, 11) is 1.59. The Balaban J connectivity index is 4.08. The van der Waals surface area contributed by atoms with Gasteiger partial charge in [-0.3, -0.25) is 13.8 Å². The number of quaternary nitrogens is 1. The molecule has 0 saturated heterocycles. The van der Waals surface area contributed by atoms with Crippen LogP contribution in [0, 0.1) is 0 Å². The molecule has 0 aliphatic heterocycles. The first-order valence-electron chi connectivity index (χ1n) is 33.4. The van der Waals surface area contributed by atoms with Gasteiger partial charge >= 0.3 is 7.82 Å². The Kier molecular flexibility index (Phi) is 57.4. The van der Waals surface area contributed by atoms with Gasteiger partial charge in [0.05, 0.1) is 39.9 Å². The molecule has 3 N–H and O–H groups in total. The molecule has 3 atom stereocenters. The van der Waals surface area contributed by atoms with Crippen LogP contribution < -0.4 is 5.32 Å². The standard InChI is InChI=1S/C67H131N2O6P/c1-6-8-10-12-14-16-18-20-22-24-26-28-30-32-33-34-35-37-39-41-43-45-47-49-51-53-55-57-59-61-67(71)68-65(64-75-76(72,73)74-63-62-69(3,4)5)66(70)60-58-56-54-52-50-48-46-44-42-40-38-36-31-29-27-25-23-21-19-17-15-13-11-9-7-2/h18,20,24,26,58,60,65-66,70H,6-17,19,21-23,25,27-57,59,61-64H2,1-5H3,(H-,68,71,72,73)/p+1/b20-18-,26-24-,60-58+. The van der Waals surface area contributed by atoms with Crippen LogP contribution in [0.4, 0.5) is 0 Å². The summed E-state index contributed by atoms with van der Waals surface area (Å²) in [5.41, 5.74) is 0. The van der Waals surface area contributed by atoms with Gasteiger partial charge in [0.1, 0.15) is 13.2 Å². The molecule has 76 heavy (non-hydrogen) atoms. The number of hydrogen-bond donors (Lipinski definition) is 3. The second kappa shape index (κ2) is 58.4. The maximum atomic E-state index is 13.0. The highest BCUT2D eigenvalue weighted by Gasteiger charge is 2.28. The molecular formula is C67H132N2O6P+. The van der Waals surface area contributed by atoms with E-state index in [-0.39, 0.29) is 19.1 Å². The summed E-state index contributed by atoms with van der Waals surface area (Å²) in [5, 5.41) is 14.0. The number of allylic oxidation sites excluding steroid dienone is 5. The minimum absolute atomic E-state index is 0.0632. The number of nitrogens with zero attached hydrogens (tertiary/aromatic N) is 1. The van der Waals surface area contributed by atoms with E-state index >= 15 is 0 Å². The van der Waals surface area contributed by atoms with Crippen molar-refractivity contribution in [3.8, 4) is 0 Å². The maximum absolute atomic E-state index is 13.0. The number of hydrogen-bond acceptors (Lipinski definition) is 5. The second-order valence-electron chi connectivity index (χ2n) is 24.2. The monoisotopic (exact) mass is 1090 g/mol. The third-order valence-electron chi connectivity index (χ3n) is 15.4. The number of unbranched alkanes of at least 4 members (excludes halogenated alkanes) is 45. The van der Waals surface area contributed by atoms with Crippen LogP contribution in [-0.4, -0.2) is 73.4 Å². The summed E-state index contributed by atoms with van der Waals surface area (Å²) in [6.07, 6.45) is 77.0. The van der Waals surface area contributed by atoms with Gasteiger partial charge in [-0.15, -0.1) is 0 Å². The normalized spacial score (nSPS) is 13.9. The number of amides is 1. The fourth-order valence-corrected chi connectivity index (χ4v) is 10.9. The van der Waals surface area contributed by atoms with Crippen molar-refractivity contribution in [3.05, 3.63) is 36.5 Å². The molecule has 0 fully saturated rings. The molecule has 0 aromatic carbocycles. The van der Waals surface area contributed by atoms with Crippen LogP contribution >= 0.6 is 7.82 Å². The van der Waals surface area contributed by atoms with E-state index in [1.165, 1.54) is 276 Å².